The van der Waals surface area contributed by atoms with Crippen molar-refractivity contribution in [3.8, 4) is 5.75 Å². The third-order valence-electron chi connectivity index (χ3n) is 4.89. The Morgan fingerprint density at radius 3 is 2.38 bits per heavy atom. The normalized spacial score (nSPS) is 15.8. The summed E-state index contributed by atoms with van der Waals surface area (Å²) in [5, 5.41) is 3.42. The molecule has 0 spiro atoms. The zero-order valence-electron chi connectivity index (χ0n) is 15.8. The Bertz CT molecular complexity index is 1280. The fourth-order valence-corrected chi connectivity index (χ4v) is 3.59. The van der Waals surface area contributed by atoms with E-state index in [0.29, 0.717) is 12.8 Å². The van der Waals surface area contributed by atoms with Crippen LogP contribution in [0, 0.1) is 11.7 Å². The van der Waals surface area contributed by atoms with Crippen LogP contribution in [0.1, 0.15) is 30.1 Å². The Morgan fingerprint density at radius 2 is 1.81 bits per heavy atom. The summed E-state index contributed by atoms with van der Waals surface area (Å²) in [7, 11) is 0. The molecule has 0 saturated heterocycles. The predicted molar refractivity (Wildman–Crippen MR) is 94.7 cm³/mol. The van der Waals surface area contributed by atoms with Crippen LogP contribution in [0.25, 0.3) is 11.0 Å². The topological polar surface area (TPSA) is 92.8 Å². The first-order valence-electron chi connectivity index (χ1n) is 9.18. The van der Waals surface area contributed by atoms with E-state index in [1.54, 1.807) is 0 Å². The molecule has 2 heterocycles. The molecule has 14 heteroatoms. The van der Waals surface area contributed by atoms with E-state index in [9.17, 15) is 40.3 Å². The summed E-state index contributed by atoms with van der Waals surface area (Å²) in [6, 6.07) is 1.68. The maximum atomic E-state index is 14.3. The zero-order chi connectivity index (χ0) is 23.4. The van der Waals surface area contributed by atoms with E-state index >= 15 is 0 Å². The van der Waals surface area contributed by atoms with Crippen molar-refractivity contribution in [1.82, 2.24) is 19.7 Å². The fourth-order valence-electron chi connectivity index (χ4n) is 3.59. The van der Waals surface area contributed by atoms with Crippen molar-refractivity contribution in [1.29, 1.82) is 0 Å². The van der Waals surface area contributed by atoms with Crippen LogP contribution in [-0.4, -0.2) is 32.3 Å². The molecule has 0 unspecified atom stereocenters. The predicted octanol–water partition coefficient (Wildman–Crippen LogP) is 3.55. The summed E-state index contributed by atoms with van der Waals surface area (Å²) in [6.07, 6.45) is -10.3. The summed E-state index contributed by atoms with van der Waals surface area (Å²) >= 11 is 0. The Hall–Kier alpha value is -3.32. The van der Waals surface area contributed by atoms with E-state index < -0.39 is 58.9 Å². The van der Waals surface area contributed by atoms with Gasteiger partial charge in [-0.15, -0.1) is 13.2 Å². The Balaban J connectivity index is 1.87. The molecule has 3 aromatic rings. The summed E-state index contributed by atoms with van der Waals surface area (Å²) in [4.78, 5) is 28.1. The van der Waals surface area contributed by atoms with E-state index in [4.69, 9.17) is 0 Å². The Morgan fingerprint density at radius 1 is 1.12 bits per heavy atom. The number of fused-ring (bicyclic) bond motifs is 1. The number of ether oxygens (including phenoxy) is 1. The second-order valence-corrected chi connectivity index (χ2v) is 7.34. The van der Waals surface area contributed by atoms with Gasteiger partial charge in [-0.1, -0.05) is 6.07 Å². The van der Waals surface area contributed by atoms with Gasteiger partial charge < -0.3 is 4.74 Å². The highest BCUT2D eigenvalue weighted by atomic mass is 19.4. The van der Waals surface area contributed by atoms with Gasteiger partial charge in [0.25, 0.3) is 5.56 Å². The molecule has 172 valence electrons. The van der Waals surface area contributed by atoms with Gasteiger partial charge in [0.2, 0.25) is 0 Å². The number of aromatic nitrogens is 4. The molecule has 1 aromatic carbocycles. The van der Waals surface area contributed by atoms with Gasteiger partial charge in [0, 0.05) is 0 Å². The van der Waals surface area contributed by atoms with Crippen molar-refractivity contribution in [3.05, 3.63) is 56.1 Å². The molecule has 2 N–H and O–H groups in total. The second kappa shape index (κ2) is 7.38. The molecule has 7 nitrogen and oxygen atoms in total. The van der Waals surface area contributed by atoms with E-state index in [1.165, 1.54) is 0 Å². The molecule has 1 saturated carbocycles. The Labute approximate surface area is 172 Å². The molecule has 32 heavy (non-hydrogen) atoms. The molecule has 4 rings (SSSR count). The van der Waals surface area contributed by atoms with Gasteiger partial charge in [-0.25, -0.2) is 13.9 Å². The van der Waals surface area contributed by atoms with Crippen molar-refractivity contribution >= 4 is 11.0 Å². The molecular formula is C18H13F7N4O3. The largest absolute Gasteiger partial charge is 0.573 e. The first-order chi connectivity index (χ1) is 14.8. The van der Waals surface area contributed by atoms with Crippen LogP contribution in [0.4, 0.5) is 30.7 Å². The van der Waals surface area contributed by atoms with Crippen molar-refractivity contribution in [3.63, 3.8) is 0 Å². The molecule has 0 radical (unpaired) electrons. The number of benzene rings is 1. The quantitative estimate of drug-likeness (QED) is 0.563. The lowest BCUT2D eigenvalue weighted by molar-refractivity contribution is -0.275. The third kappa shape index (κ3) is 4.48. The number of H-pyrrole nitrogens is 2. The summed E-state index contributed by atoms with van der Waals surface area (Å²) < 4.78 is 95.2. The van der Waals surface area contributed by atoms with E-state index in [0.717, 1.165) is 22.9 Å². The number of hydrogen-bond acceptors (Lipinski definition) is 4. The van der Waals surface area contributed by atoms with Gasteiger partial charge in [0.05, 0.1) is 18.2 Å². The molecule has 1 aliphatic carbocycles. The molecule has 0 aliphatic heterocycles. The SMILES string of the molecule is O=c1[nH]c(=O)c2c(CC(F)(F)F)nn([C@@H](c3ccc(OC(F)(F)F)c(F)c3)C3CC3)c2[nH]1. The monoisotopic (exact) mass is 466 g/mol. The summed E-state index contributed by atoms with van der Waals surface area (Å²) in [5.74, 6) is -2.68. The van der Waals surface area contributed by atoms with Crippen LogP contribution in [0.15, 0.2) is 27.8 Å². The van der Waals surface area contributed by atoms with Gasteiger partial charge in [0.15, 0.2) is 11.6 Å². The second-order valence-electron chi connectivity index (χ2n) is 7.34. The maximum Gasteiger partial charge on any atom is 0.573 e. The van der Waals surface area contributed by atoms with Crippen LogP contribution in [0.3, 0.4) is 0 Å². The van der Waals surface area contributed by atoms with E-state index in [1.807, 2.05) is 4.98 Å². The smallest absolute Gasteiger partial charge is 0.403 e. The highest BCUT2D eigenvalue weighted by molar-refractivity contribution is 5.77. The number of rotatable bonds is 5. The standard InChI is InChI=1S/C18H13F7N4O3/c19-9-5-8(3-4-11(9)32-18(23,24)25)13(7-1-2-7)29-14-12(15(30)27-16(31)26-14)10(28-29)6-17(20,21)22/h3-5,7,13H,1-2,6H2,(H2,26,27,30,31)/t13-/m1/s1. The molecule has 0 bridgehead atoms. The minimum absolute atomic E-state index is 0.0867. The van der Waals surface area contributed by atoms with Gasteiger partial charge in [-0.05, 0) is 36.5 Å². The van der Waals surface area contributed by atoms with Crippen LogP contribution in [0.2, 0.25) is 0 Å². The molecule has 1 fully saturated rings. The summed E-state index contributed by atoms with van der Waals surface area (Å²) in [6.45, 7) is 0. The molecule has 1 aliphatic rings. The summed E-state index contributed by atoms with van der Waals surface area (Å²) in [5.41, 5.74) is -2.93. The molecule has 0 amide bonds. The van der Waals surface area contributed by atoms with Crippen molar-refractivity contribution in [2.75, 3.05) is 0 Å². The highest BCUT2D eigenvalue weighted by Crippen LogP contribution is 2.45. The van der Waals surface area contributed by atoms with Gasteiger partial charge in [0.1, 0.15) is 11.0 Å². The number of alkyl halides is 6. The average Bonchev–Trinajstić information content (AvgIpc) is 3.39. The number of hydrogen-bond donors (Lipinski definition) is 2. The number of halogens is 7. The number of aromatic amines is 2. The lowest BCUT2D eigenvalue weighted by Crippen LogP contribution is -2.24. The van der Waals surface area contributed by atoms with Crippen molar-refractivity contribution in [2.24, 2.45) is 5.92 Å². The average molecular weight is 466 g/mol. The number of nitrogens with zero attached hydrogens (tertiary/aromatic N) is 2. The van der Waals surface area contributed by atoms with Gasteiger partial charge in [-0.2, -0.15) is 18.3 Å². The highest BCUT2D eigenvalue weighted by Gasteiger charge is 2.39. The van der Waals surface area contributed by atoms with Crippen LogP contribution < -0.4 is 16.0 Å². The van der Waals surface area contributed by atoms with Gasteiger partial charge in [-0.3, -0.25) is 14.8 Å². The molecule has 1 atom stereocenters. The third-order valence-corrected chi connectivity index (χ3v) is 4.89. The minimum atomic E-state index is -5.12. The lowest BCUT2D eigenvalue weighted by atomic mass is 10.0. The van der Waals surface area contributed by atoms with Crippen LogP contribution >= 0.6 is 0 Å². The zero-order valence-corrected chi connectivity index (χ0v) is 15.8. The van der Waals surface area contributed by atoms with Crippen molar-refractivity contribution < 1.29 is 35.5 Å². The minimum Gasteiger partial charge on any atom is -0.403 e. The first kappa shape index (κ1) is 21.9. The van der Waals surface area contributed by atoms with E-state index in [2.05, 4.69) is 14.8 Å². The van der Waals surface area contributed by atoms with Gasteiger partial charge >= 0.3 is 18.2 Å². The maximum absolute atomic E-state index is 14.3. The van der Waals surface area contributed by atoms with Crippen molar-refractivity contribution in [2.45, 2.75) is 37.8 Å². The lowest BCUT2D eigenvalue weighted by Gasteiger charge is -2.19. The first-order valence-corrected chi connectivity index (χ1v) is 9.18. The Kier molecular flexibility index (Phi) is 5.05. The van der Waals surface area contributed by atoms with E-state index in [-0.39, 0.29) is 17.1 Å². The van der Waals surface area contributed by atoms with Crippen LogP contribution in [-0.2, 0) is 6.42 Å². The van der Waals surface area contributed by atoms with Crippen LogP contribution in [0.5, 0.6) is 5.75 Å². The fraction of sp³-hybridized carbons (Fsp3) is 0.389. The molecular weight excluding hydrogens is 453 g/mol. The molecule has 2 aromatic heterocycles. The number of nitrogens with one attached hydrogen (secondary N) is 2.